The Bertz CT molecular complexity index is 876. The van der Waals surface area contributed by atoms with Crippen molar-refractivity contribution in [1.29, 1.82) is 0 Å². The lowest BCUT2D eigenvalue weighted by molar-refractivity contribution is -0.173. The van der Waals surface area contributed by atoms with E-state index in [9.17, 15) is 32.3 Å². The van der Waals surface area contributed by atoms with E-state index in [0.29, 0.717) is 0 Å². The number of carbonyl (C=O) groups is 4. The van der Waals surface area contributed by atoms with Crippen LogP contribution in [0.5, 0.6) is 0 Å². The van der Waals surface area contributed by atoms with Crippen molar-refractivity contribution in [3.8, 4) is 0 Å². The van der Waals surface area contributed by atoms with E-state index in [-0.39, 0.29) is 22.4 Å². The van der Waals surface area contributed by atoms with Crippen LogP contribution in [0.15, 0.2) is 10.5 Å². The largest absolute Gasteiger partial charge is 0.471 e. The van der Waals surface area contributed by atoms with Crippen LogP contribution in [-0.4, -0.2) is 72.1 Å². The van der Waals surface area contributed by atoms with Crippen LogP contribution in [0.25, 0.3) is 0 Å². The van der Waals surface area contributed by atoms with Gasteiger partial charge in [-0.3, -0.25) is 19.2 Å². The summed E-state index contributed by atoms with van der Waals surface area (Å²) in [5.41, 5.74) is -0.344. The average molecular weight is 471 g/mol. The summed E-state index contributed by atoms with van der Waals surface area (Å²) in [7, 11) is 1.15. The van der Waals surface area contributed by atoms with Gasteiger partial charge in [0.15, 0.2) is 10.8 Å². The highest BCUT2D eigenvalue weighted by atomic mass is 35.5. The molecule has 164 valence electrons. The standard InChI is InChI=1S/C14H14ClF3N6O5S/c1-29-24-9(6-4-30-13(21-6)22-7(25)2-15)11(27)23-8-5(20-10(8)26)3-19-12(28)14(16,17)18/h4-5,8H,2-3H2,1H3,(H,19,28)(H,20,26)(H,23,27)(H,21,22,25)/t5-,8+/m1/s1. The van der Waals surface area contributed by atoms with Gasteiger partial charge in [-0.15, -0.1) is 22.9 Å². The molecule has 4 N–H and O–H groups in total. The van der Waals surface area contributed by atoms with Crippen LogP contribution >= 0.6 is 22.9 Å². The Hall–Kier alpha value is -2.94. The minimum absolute atomic E-state index is 0.00544. The number of aromatic nitrogens is 1. The summed E-state index contributed by atoms with van der Waals surface area (Å²) in [6.07, 6.45) is -5.08. The maximum Gasteiger partial charge on any atom is 0.471 e. The molecule has 1 aromatic rings. The molecule has 1 fully saturated rings. The summed E-state index contributed by atoms with van der Waals surface area (Å²) < 4.78 is 36.7. The number of halogens is 4. The first-order valence-corrected chi connectivity index (χ1v) is 9.37. The van der Waals surface area contributed by atoms with E-state index in [1.54, 1.807) is 5.32 Å². The van der Waals surface area contributed by atoms with Crippen LogP contribution in [0.1, 0.15) is 5.69 Å². The molecule has 2 heterocycles. The lowest BCUT2D eigenvalue weighted by atomic mass is 9.98. The second-order valence-corrected chi connectivity index (χ2v) is 6.74. The molecule has 1 saturated heterocycles. The number of alkyl halides is 4. The van der Waals surface area contributed by atoms with E-state index >= 15 is 0 Å². The zero-order chi connectivity index (χ0) is 22.5. The molecule has 11 nitrogen and oxygen atoms in total. The third-order valence-corrected chi connectivity index (χ3v) is 4.55. The average Bonchev–Trinajstić information content (AvgIpc) is 3.13. The normalized spacial score (nSPS) is 18.7. The molecule has 1 aromatic heterocycles. The fourth-order valence-electron chi connectivity index (χ4n) is 2.18. The Morgan fingerprint density at radius 2 is 2.10 bits per heavy atom. The van der Waals surface area contributed by atoms with Gasteiger partial charge in [-0.05, 0) is 0 Å². The van der Waals surface area contributed by atoms with E-state index in [1.165, 1.54) is 5.38 Å². The molecule has 2 rings (SSSR count). The van der Waals surface area contributed by atoms with Gasteiger partial charge in [0.05, 0.1) is 6.04 Å². The van der Waals surface area contributed by atoms with Crippen molar-refractivity contribution in [2.75, 3.05) is 24.9 Å². The molecule has 0 aromatic carbocycles. The van der Waals surface area contributed by atoms with Crippen molar-refractivity contribution in [3.05, 3.63) is 11.1 Å². The van der Waals surface area contributed by atoms with Gasteiger partial charge in [0.2, 0.25) is 11.8 Å². The molecule has 0 radical (unpaired) electrons. The zero-order valence-corrected chi connectivity index (χ0v) is 16.6. The first-order chi connectivity index (χ1) is 14.1. The van der Waals surface area contributed by atoms with Gasteiger partial charge in [-0.1, -0.05) is 5.16 Å². The molecule has 0 spiro atoms. The van der Waals surface area contributed by atoms with E-state index < -0.39 is 48.4 Å². The van der Waals surface area contributed by atoms with Gasteiger partial charge in [0.25, 0.3) is 5.91 Å². The Morgan fingerprint density at radius 1 is 1.40 bits per heavy atom. The van der Waals surface area contributed by atoms with Crippen LogP contribution in [0.2, 0.25) is 0 Å². The van der Waals surface area contributed by atoms with E-state index in [4.69, 9.17) is 11.6 Å². The molecule has 30 heavy (non-hydrogen) atoms. The summed E-state index contributed by atoms with van der Waals surface area (Å²) in [5.74, 6) is -4.59. The van der Waals surface area contributed by atoms with Gasteiger partial charge >= 0.3 is 12.1 Å². The number of thiazole rings is 1. The molecule has 0 bridgehead atoms. The van der Waals surface area contributed by atoms with Gasteiger partial charge in [-0.2, -0.15) is 13.2 Å². The summed E-state index contributed by atoms with van der Waals surface area (Å²) in [6, 6.07) is -2.19. The predicted octanol–water partition coefficient (Wildman–Crippen LogP) is -0.667. The third-order valence-electron chi connectivity index (χ3n) is 3.55. The van der Waals surface area contributed by atoms with Crippen molar-refractivity contribution in [3.63, 3.8) is 0 Å². The topological polar surface area (TPSA) is 151 Å². The smallest absolute Gasteiger partial charge is 0.398 e. The summed E-state index contributed by atoms with van der Waals surface area (Å²) in [4.78, 5) is 55.0. The lowest BCUT2D eigenvalue weighted by Crippen LogP contribution is -2.72. The van der Waals surface area contributed by atoms with Crippen LogP contribution in [0.3, 0.4) is 0 Å². The van der Waals surface area contributed by atoms with Crippen molar-refractivity contribution in [1.82, 2.24) is 20.9 Å². The predicted molar refractivity (Wildman–Crippen MR) is 97.9 cm³/mol. The second kappa shape index (κ2) is 9.71. The van der Waals surface area contributed by atoms with E-state index in [1.807, 2.05) is 0 Å². The summed E-state index contributed by atoms with van der Waals surface area (Å²) in [6.45, 7) is -0.558. The fourth-order valence-corrected chi connectivity index (χ4v) is 2.96. The van der Waals surface area contributed by atoms with Crippen LogP contribution in [0.4, 0.5) is 18.3 Å². The minimum atomic E-state index is -5.08. The second-order valence-electron chi connectivity index (χ2n) is 5.62. The molecule has 1 aliphatic heterocycles. The first-order valence-electron chi connectivity index (χ1n) is 7.96. The third kappa shape index (κ3) is 5.79. The SMILES string of the molecule is CON=C(C(=O)N[C@@H]1C(=O)N[C@@H]1CNC(=O)C(F)(F)F)c1csc(NC(=O)CCl)n1. The number of anilines is 1. The molecular weight excluding hydrogens is 457 g/mol. The summed E-state index contributed by atoms with van der Waals surface area (Å²) in [5, 5.41) is 13.6. The molecule has 0 unspecified atom stereocenters. The minimum Gasteiger partial charge on any atom is -0.398 e. The maximum absolute atomic E-state index is 12.5. The number of nitrogens with zero attached hydrogens (tertiary/aromatic N) is 2. The highest BCUT2D eigenvalue weighted by Gasteiger charge is 2.44. The van der Waals surface area contributed by atoms with E-state index in [2.05, 4.69) is 30.9 Å². The molecule has 16 heteroatoms. The van der Waals surface area contributed by atoms with Crippen molar-refractivity contribution >= 4 is 57.4 Å². The van der Waals surface area contributed by atoms with Crippen molar-refractivity contribution in [2.24, 2.45) is 5.16 Å². The number of oxime groups is 1. The highest BCUT2D eigenvalue weighted by Crippen LogP contribution is 2.17. The maximum atomic E-state index is 12.5. The zero-order valence-electron chi connectivity index (χ0n) is 15.0. The number of amides is 4. The molecular formula is C14H14ClF3N6O5S. The van der Waals surface area contributed by atoms with Gasteiger partial charge < -0.3 is 26.1 Å². The Morgan fingerprint density at radius 3 is 2.67 bits per heavy atom. The molecule has 4 amide bonds. The summed E-state index contributed by atoms with van der Waals surface area (Å²) >= 11 is 6.35. The Balaban J connectivity index is 2.04. The molecule has 0 saturated carbocycles. The number of rotatable bonds is 8. The molecule has 2 atom stereocenters. The number of β-lactam (4-membered cyclic amide) rings is 1. The molecule has 1 aliphatic rings. The quantitative estimate of drug-likeness (QED) is 0.171. The fraction of sp³-hybridized carbons (Fsp3) is 0.429. The Labute approximate surface area is 175 Å². The van der Waals surface area contributed by atoms with Gasteiger partial charge in [0.1, 0.15) is 24.7 Å². The number of hydrogen-bond donors (Lipinski definition) is 4. The first kappa shape index (κ1) is 23.3. The van der Waals surface area contributed by atoms with Crippen LogP contribution < -0.4 is 21.3 Å². The van der Waals surface area contributed by atoms with Crippen LogP contribution in [-0.2, 0) is 24.0 Å². The van der Waals surface area contributed by atoms with Gasteiger partial charge in [-0.25, -0.2) is 4.98 Å². The Kier molecular flexibility index (Phi) is 7.55. The highest BCUT2D eigenvalue weighted by molar-refractivity contribution is 7.14. The number of nitrogens with one attached hydrogen (secondary N) is 4. The lowest BCUT2D eigenvalue weighted by Gasteiger charge is -2.37. The van der Waals surface area contributed by atoms with Gasteiger partial charge in [0, 0.05) is 11.9 Å². The number of hydrogen-bond acceptors (Lipinski definition) is 8. The van der Waals surface area contributed by atoms with Crippen LogP contribution in [0, 0.1) is 0 Å². The van der Waals surface area contributed by atoms with E-state index in [0.717, 1.165) is 18.4 Å². The van der Waals surface area contributed by atoms with Crippen molar-refractivity contribution in [2.45, 2.75) is 18.3 Å². The monoisotopic (exact) mass is 470 g/mol. The molecule has 0 aliphatic carbocycles. The van der Waals surface area contributed by atoms with Crippen molar-refractivity contribution < 1.29 is 37.2 Å². The number of carbonyl (C=O) groups excluding carboxylic acids is 4.